The van der Waals surface area contributed by atoms with Crippen molar-refractivity contribution in [1.29, 1.82) is 0 Å². The summed E-state index contributed by atoms with van der Waals surface area (Å²) < 4.78 is 5.68. The Kier molecular flexibility index (Phi) is 6.50. The number of nitrogens with one attached hydrogen (secondary N) is 1. The first-order valence-corrected chi connectivity index (χ1v) is 12.6. The van der Waals surface area contributed by atoms with Crippen LogP contribution in [0.4, 0.5) is 4.79 Å². The zero-order valence-electron chi connectivity index (χ0n) is 20.0. The van der Waals surface area contributed by atoms with Gasteiger partial charge in [0.2, 0.25) is 5.91 Å². The lowest BCUT2D eigenvalue weighted by atomic mass is 9.93. The van der Waals surface area contributed by atoms with Gasteiger partial charge in [-0.3, -0.25) is 4.79 Å². The van der Waals surface area contributed by atoms with Crippen LogP contribution in [0.3, 0.4) is 0 Å². The van der Waals surface area contributed by atoms with Crippen molar-refractivity contribution in [1.82, 2.24) is 10.2 Å². The van der Waals surface area contributed by atoms with Crippen molar-refractivity contribution in [2.45, 2.75) is 57.0 Å². The van der Waals surface area contributed by atoms with Crippen molar-refractivity contribution in [2.75, 3.05) is 13.2 Å². The van der Waals surface area contributed by atoms with Crippen LogP contribution in [0.5, 0.6) is 0 Å². The molecular weight excluding hydrogens is 444 g/mol. The number of rotatable bonds is 7. The molecule has 7 heteroatoms. The minimum absolute atomic E-state index is 0.0275. The number of amides is 2. The highest BCUT2D eigenvalue weighted by molar-refractivity contribution is 5.85. The number of alkyl carbamates (subject to hydrolysis) is 1. The highest BCUT2D eigenvalue weighted by Crippen LogP contribution is 2.44. The standard InChI is InChI=1S/C28H32N2O5/c1-17-10-13-25(27(32)33)30(15-17)26(31)14-24(18-11-12-18)29-28(34)35-16-23-21-8-4-2-6-19(21)20-7-3-5-9-22(20)23/h2-9,17-18,23-25H,10-16H2,1H3,(H,29,34)(H,32,33). The highest BCUT2D eigenvalue weighted by atomic mass is 16.5. The third-order valence-corrected chi connectivity index (χ3v) is 7.66. The van der Waals surface area contributed by atoms with E-state index in [1.165, 1.54) is 16.0 Å². The molecule has 7 nitrogen and oxygen atoms in total. The van der Waals surface area contributed by atoms with Crippen LogP contribution in [0, 0.1) is 11.8 Å². The van der Waals surface area contributed by atoms with Gasteiger partial charge < -0.3 is 20.1 Å². The van der Waals surface area contributed by atoms with E-state index in [2.05, 4.69) is 29.6 Å². The van der Waals surface area contributed by atoms with Gasteiger partial charge in [-0.2, -0.15) is 0 Å². The predicted octanol–water partition coefficient (Wildman–Crippen LogP) is 4.41. The van der Waals surface area contributed by atoms with E-state index in [9.17, 15) is 19.5 Å². The first kappa shape index (κ1) is 23.4. The van der Waals surface area contributed by atoms with Gasteiger partial charge in [-0.15, -0.1) is 0 Å². The number of benzene rings is 2. The Labute approximate surface area is 205 Å². The van der Waals surface area contributed by atoms with Crippen molar-refractivity contribution < 1.29 is 24.2 Å². The minimum Gasteiger partial charge on any atom is -0.480 e. The lowest BCUT2D eigenvalue weighted by Crippen LogP contribution is -2.52. The average molecular weight is 477 g/mol. The molecule has 35 heavy (non-hydrogen) atoms. The summed E-state index contributed by atoms with van der Waals surface area (Å²) in [6.07, 6.45) is 2.73. The largest absolute Gasteiger partial charge is 0.480 e. The fourth-order valence-electron chi connectivity index (χ4n) is 5.62. The van der Waals surface area contributed by atoms with Crippen molar-refractivity contribution in [2.24, 2.45) is 11.8 Å². The quantitative estimate of drug-likeness (QED) is 0.617. The average Bonchev–Trinajstić information content (AvgIpc) is 3.65. The number of aliphatic carboxylic acids is 1. The van der Waals surface area contributed by atoms with E-state index in [1.807, 2.05) is 31.2 Å². The van der Waals surface area contributed by atoms with Gasteiger partial charge >= 0.3 is 12.1 Å². The van der Waals surface area contributed by atoms with E-state index in [-0.39, 0.29) is 42.7 Å². The minimum atomic E-state index is -0.960. The first-order valence-electron chi connectivity index (χ1n) is 12.6. The number of hydrogen-bond acceptors (Lipinski definition) is 4. The molecule has 2 aromatic carbocycles. The molecule has 0 aromatic heterocycles. The van der Waals surface area contributed by atoms with Crippen LogP contribution in [-0.4, -0.2) is 53.2 Å². The number of nitrogens with zero attached hydrogens (tertiary/aromatic N) is 1. The fraction of sp³-hybridized carbons (Fsp3) is 0.464. The Morgan fingerprint density at radius 2 is 1.63 bits per heavy atom. The van der Waals surface area contributed by atoms with Crippen LogP contribution in [0.15, 0.2) is 48.5 Å². The molecule has 1 heterocycles. The van der Waals surface area contributed by atoms with Gasteiger partial charge in [0.25, 0.3) is 0 Å². The fourth-order valence-corrected chi connectivity index (χ4v) is 5.62. The van der Waals surface area contributed by atoms with Crippen molar-refractivity contribution in [3.8, 4) is 11.1 Å². The second kappa shape index (κ2) is 9.72. The normalized spacial score (nSPS) is 22.1. The van der Waals surface area contributed by atoms with Crippen molar-refractivity contribution >= 4 is 18.0 Å². The Bertz CT molecular complexity index is 1080. The molecule has 1 saturated heterocycles. The van der Waals surface area contributed by atoms with Gasteiger partial charge in [0.15, 0.2) is 0 Å². The van der Waals surface area contributed by atoms with Crippen LogP contribution in [0.25, 0.3) is 11.1 Å². The van der Waals surface area contributed by atoms with Crippen LogP contribution in [0.1, 0.15) is 56.1 Å². The predicted molar refractivity (Wildman–Crippen MR) is 131 cm³/mol. The van der Waals surface area contributed by atoms with E-state index >= 15 is 0 Å². The van der Waals surface area contributed by atoms with Gasteiger partial charge in [-0.05, 0) is 59.8 Å². The zero-order valence-corrected chi connectivity index (χ0v) is 20.0. The molecular formula is C28H32N2O5. The second-order valence-corrected chi connectivity index (χ2v) is 10.2. The van der Waals surface area contributed by atoms with Gasteiger partial charge in [0, 0.05) is 24.9 Å². The molecule has 0 radical (unpaired) electrons. The molecule has 3 atom stereocenters. The molecule has 2 amide bonds. The summed E-state index contributed by atoms with van der Waals surface area (Å²) in [5.74, 6) is -0.702. The molecule has 2 aliphatic carbocycles. The summed E-state index contributed by atoms with van der Waals surface area (Å²) in [4.78, 5) is 39.1. The molecule has 2 aromatic rings. The van der Waals surface area contributed by atoms with E-state index in [0.29, 0.717) is 13.0 Å². The smallest absolute Gasteiger partial charge is 0.407 e. The summed E-state index contributed by atoms with van der Waals surface area (Å²) in [6.45, 7) is 2.69. The summed E-state index contributed by atoms with van der Waals surface area (Å²) in [5, 5.41) is 12.5. The molecule has 1 aliphatic heterocycles. The maximum Gasteiger partial charge on any atom is 0.407 e. The Balaban J connectivity index is 1.22. The maximum atomic E-state index is 13.1. The molecule has 2 N–H and O–H groups in total. The van der Waals surface area contributed by atoms with Gasteiger partial charge in [0.05, 0.1) is 0 Å². The number of fused-ring (bicyclic) bond motifs is 3. The Morgan fingerprint density at radius 1 is 1.00 bits per heavy atom. The monoisotopic (exact) mass is 476 g/mol. The summed E-state index contributed by atoms with van der Waals surface area (Å²) in [5.41, 5.74) is 4.63. The Hall–Kier alpha value is -3.35. The van der Waals surface area contributed by atoms with E-state index in [4.69, 9.17) is 4.74 Å². The third-order valence-electron chi connectivity index (χ3n) is 7.66. The lowest BCUT2D eigenvalue weighted by molar-refractivity contribution is -0.153. The Morgan fingerprint density at radius 3 is 2.23 bits per heavy atom. The summed E-state index contributed by atoms with van der Waals surface area (Å²) in [6, 6.07) is 15.2. The number of hydrogen-bond donors (Lipinski definition) is 2. The van der Waals surface area contributed by atoms with Gasteiger partial charge in [0.1, 0.15) is 12.6 Å². The molecule has 3 aliphatic rings. The van der Waals surface area contributed by atoms with E-state index in [0.717, 1.165) is 30.4 Å². The SMILES string of the molecule is CC1CCC(C(=O)O)N(C(=O)CC(NC(=O)OCC2c3ccccc3-c3ccccc32)C2CC2)C1. The van der Waals surface area contributed by atoms with Crippen molar-refractivity contribution in [3.63, 3.8) is 0 Å². The first-order chi connectivity index (χ1) is 16.9. The molecule has 0 bridgehead atoms. The maximum absolute atomic E-state index is 13.1. The highest BCUT2D eigenvalue weighted by Gasteiger charge is 2.39. The molecule has 1 saturated carbocycles. The number of likely N-dealkylation sites (tertiary alicyclic amines) is 1. The van der Waals surface area contributed by atoms with E-state index < -0.39 is 18.1 Å². The van der Waals surface area contributed by atoms with E-state index in [1.54, 1.807) is 0 Å². The molecule has 3 unspecified atom stereocenters. The topological polar surface area (TPSA) is 95.9 Å². The molecule has 2 fully saturated rings. The third kappa shape index (κ3) is 4.90. The molecule has 0 spiro atoms. The number of carbonyl (C=O) groups excluding carboxylic acids is 2. The van der Waals surface area contributed by atoms with Crippen LogP contribution < -0.4 is 5.32 Å². The number of carbonyl (C=O) groups is 3. The van der Waals surface area contributed by atoms with Crippen LogP contribution >= 0.6 is 0 Å². The van der Waals surface area contributed by atoms with Gasteiger partial charge in [-0.1, -0.05) is 55.5 Å². The molecule has 184 valence electrons. The summed E-state index contributed by atoms with van der Waals surface area (Å²) in [7, 11) is 0. The lowest BCUT2D eigenvalue weighted by Gasteiger charge is -2.37. The van der Waals surface area contributed by atoms with Crippen molar-refractivity contribution in [3.05, 3.63) is 59.7 Å². The van der Waals surface area contributed by atoms with Crippen LogP contribution in [0.2, 0.25) is 0 Å². The van der Waals surface area contributed by atoms with Gasteiger partial charge in [-0.25, -0.2) is 9.59 Å². The summed E-state index contributed by atoms with van der Waals surface area (Å²) >= 11 is 0. The number of ether oxygens (including phenoxy) is 1. The number of carboxylic acids is 1. The number of carboxylic acid groups (broad SMARTS) is 1. The molecule has 5 rings (SSSR count). The van der Waals surface area contributed by atoms with Crippen LogP contribution in [-0.2, 0) is 14.3 Å². The number of piperidine rings is 1. The second-order valence-electron chi connectivity index (χ2n) is 10.2. The zero-order chi connectivity index (χ0) is 24.5.